The lowest BCUT2D eigenvalue weighted by atomic mass is 9.84. The molecule has 2 rings (SSSR count). The van der Waals surface area contributed by atoms with Crippen LogP contribution in [0.25, 0.3) is 0 Å². The standard InChI is InChI=1S/C13H26N2O2.C2H6/c1-9(2)13-10(3)6-11(7-15-13)17-8-12-14-4-5-16-12;1-2/h9-15H,4-8H2,1-3H3;1-2H3. The lowest BCUT2D eigenvalue weighted by Crippen LogP contribution is -2.50. The third-order valence-corrected chi connectivity index (χ3v) is 3.82. The van der Waals surface area contributed by atoms with Gasteiger partial charge in [-0.3, -0.25) is 5.32 Å². The Kier molecular flexibility index (Phi) is 7.91. The fourth-order valence-electron chi connectivity index (χ4n) is 2.94. The van der Waals surface area contributed by atoms with Crippen molar-refractivity contribution in [1.82, 2.24) is 10.6 Å². The maximum Gasteiger partial charge on any atom is 0.131 e. The van der Waals surface area contributed by atoms with E-state index in [-0.39, 0.29) is 6.23 Å². The first kappa shape index (κ1) is 16.9. The molecule has 0 bridgehead atoms. The Morgan fingerprint density at radius 3 is 2.53 bits per heavy atom. The Bertz CT molecular complexity index is 230. The lowest BCUT2D eigenvalue weighted by molar-refractivity contribution is -0.0463. The highest BCUT2D eigenvalue weighted by Gasteiger charge is 2.30. The highest BCUT2D eigenvalue weighted by molar-refractivity contribution is 4.85. The van der Waals surface area contributed by atoms with Crippen molar-refractivity contribution in [2.75, 3.05) is 26.3 Å². The van der Waals surface area contributed by atoms with Crippen LogP contribution in [0, 0.1) is 11.8 Å². The van der Waals surface area contributed by atoms with Crippen molar-refractivity contribution in [3.8, 4) is 0 Å². The van der Waals surface area contributed by atoms with Crippen molar-refractivity contribution in [2.45, 2.75) is 59.4 Å². The van der Waals surface area contributed by atoms with Gasteiger partial charge in [-0.05, 0) is 18.3 Å². The molecule has 19 heavy (non-hydrogen) atoms. The second-order valence-electron chi connectivity index (χ2n) is 5.66. The van der Waals surface area contributed by atoms with Gasteiger partial charge in [-0.25, -0.2) is 0 Å². The molecule has 2 fully saturated rings. The van der Waals surface area contributed by atoms with Gasteiger partial charge >= 0.3 is 0 Å². The summed E-state index contributed by atoms with van der Waals surface area (Å²) in [4.78, 5) is 0. The molecule has 2 heterocycles. The molecule has 4 atom stereocenters. The first-order valence-electron chi connectivity index (χ1n) is 7.86. The Morgan fingerprint density at radius 2 is 2.00 bits per heavy atom. The van der Waals surface area contributed by atoms with Crippen LogP contribution in [-0.4, -0.2) is 44.7 Å². The summed E-state index contributed by atoms with van der Waals surface area (Å²) in [6.45, 7) is 14.3. The Balaban J connectivity index is 0.000000861. The SMILES string of the molecule is CC.CC(C)C1NCC(OCC2NCCO2)CC1C. The zero-order chi connectivity index (χ0) is 14.3. The predicted octanol–water partition coefficient (Wildman–Crippen LogP) is 2.00. The number of piperidine rings is 1. The molecule has 4 heteroatoms. The Morgan fingerprint density at radius 1 is 1.26 bits per heavy atom. The smallest absolute Gasteiger partial charge is 0.131 e. The van der Waals surface area contributed by atoms with E-state index in [0.717, 1.165) is 26.1 Å². The average molecular weight is 272 g/mol. The van der Waals surface area contributed by atoms with E-state index >= 15 is 0 Å². The molecule has 0 aromatic rings. The lowest BCUT2D eigenvalue weighted by Gasteiger charge is -2.37. The molecule has 0 aromatic carbocycles. The van der Waals surface area contributed by atoms with Crippen LogP contribution in [0.4, 0.5) is 0 Å². The average Bonchev–Trinajstić information content (AvgIpc) is 2.91. The van der Waals surface area contributed by atoms with Gasteiger partial charge in [0.25, 0.3) is 0 Å². The fraction of sp³-hybridized carbons (Fsp3) is 1.00. The van der Waals surface area contributed by atoms with Gasteiger partial charge in [0.15, 0.2) is 0 Å². The highest BCUT2D eigenvalue weighted by Crippen LogP contribution is 2.23. The van der Waals surface area contributed by atoms with E-state index in [1.54, 1.807) is 0 Å². The number of hydrogen-bond donors (Lipinski definition) is 2. The molecule has 0 radical (unpaired) electrons. The van der Waals surface area contributed by atoms with Gasteiger partial charge in [-0.1, -0.05) is 34.6 Å². The quantitative estimate of drug-likeness (QED) is 0.821. The molecule has 4 unspecified atom stereocenters. The molecule has 0 aliphatic carbocycles. The largest absolute Gasteiger partial charge is 0.373 e. The van der Waals surface area contributed by atoms with Crippen LogP contribution in [0.1, 0.15) is 41.0 Å². The highest BCUT2D eigenvalue weighted by atomic mass is 16.6. The normalized spacial score (nSPS) is 35.1. The van der Waals surface area contributed by atoms with E-state index in [4.69, 9.17) is 9.47 Å². The predicted molar refractivity (Wildman–Crippen MR) is 79.2 cm³/mol. The van der Waals surface area contributed by atoms with E-state index in [9.17, 15) is 0 Å². The van der Waals surface area contributed by atoms with Crippen LogP contribution >= 0.6 is 0 Å². The summed E-state index contributed by atoms with van der Waals surface area (Å²) < 4.78 is 11.4. The molecule has 2 aliphatic rings. The van der Waals surface area contributed by atoms with E-state index < -0.39 is 0 Å². The van der Waals surface area contributed by atoms with Crippen molar-refractivity contribution in [3.05, 3.63) is 0 Å². The summed E-state index contributed by atoms with van der Waals surface area (Å²) in [6.07, 6.45) is 1.60. The number of rotatable bonds is 4. The Hall–Kier alpha value is -0.160. The molecular formula is C15H32N2O2. The van der Waals surface area contributed by atoms with Crippen LogP contribution < -0.4 is 10.6 Å². The minimum Gasteiger partial charge on any atom is -0.373 e. The van der Waals surface area contributed by atoms with Crippen molar-refractivity contribution in [2.24, 2.45) is 11.8 Å². The summed E-state index contributed by atoms with van der Waals surface area (Å²) in [5.41, 5.74) is 0. The number of nitrogens with one attached hydrogen (secondary N) is 2. The minimum atomic E-state index is 0.105. The summed E-state index contributed by atoms with van der Waals surface area (Å²) in [6, 6.07) is 0.635. The summed E-state index contributed by atoms with van der Waals surface area (Å²) in [7, 11) is 0. The molecule has 114 valence electrons. The second kappa shape index (κ2) is 8.90. The maximum absolute atomic E-state index is 5.92. The molecule has 2 aliphatic heterocycles. The van der Waals surface area contributed by atoms with Crippen molar-refractivity contribution >= 4 is 0 Å². The van der Waals surface area contributed by atoms with Crippen molar-refractivity contribution in [1.29, 1.82) is 0 Å². The van der Waals surface area contributed by atoms with Crippen molar-refractivity contribution in [3.63, 3.8) is 0 Å². The van der Waals surface area contributed by atoms with Gasteiger partial charge in [0, 0.05) is 19.1 Å². The number of hydrogen-bond acceptors (Lipinski definition) is 4. The van der Waals surface area contributed by atoms with Gasteiger partial charge in [0.05, 0.1) is 19.3 Å². The topological polar surface area (TPSA) is 42.5 Å². The minimum absolute atomic E-state index is 0.105. The van der Waals surface area contributed by atoms with Crippen molar-refractivity contribution < 1.29 is 9.47 Å². The van der Waals surface area contributed by atoms with Crippen LogP contribution in [0.5, 0.6) is 0 Å². The molecule has 0 amide bonds. The van der Waals surface area contributed by atoms with E-state index in [2.05, 4.69) is 31.4 Å². The van der Waals surface area contributed by atoms with Gasteiger partial charge in [-0.2, -0.15) is 0 Å². The maximum atomic E-state index is 5.92. The third kappa shape index (κ3) is 5.38. The molecule has 0 aromatic heterocycles. The first-order chi connectivity index (χ1) is 9.16. The molecule has 0 spiro atoms. The third-order valence-electron chi connectivity index (χ3n) is 3.82. The zero-order valence-corrected chi connectivity index (χ0v) is 13.2. The van der Waals surface area contributed by atoms with Gasteiger partial charge in [-0.15, -0.1) is 0 Å². The summed E-state index contributed by atoms with van der Waals surface area (Å²) >= 11 is 0. The molecule has 2 saturated heterocycles. The van der Waals surface area contributed by atoms with Crippen LogP contribution in [0.2, 0.25) is 0 Å². The first-order valence-corrected chi connectivity index (χ1v) is 7.86. The van der Waals surface area contributed by atoms with Gasteiger partial charge in [0.2, 0.25) is 0 Å². The van der Waals surface area contributed by atoms with Crippen LogP contribution in [-0.2, 0) is 9.47 Å². The number of ether oxygens (including phenoxy) is 2. The van der Waals surface area contributed by atoms with E-state index in [1.165, 1.54) is 0 Å². The summed E-state index contributed by atoms with van der Waals surface area (Å²) in [5.74, 6) is 1.39. The van der Waals surface area contributed by atoms with Gasteiger partial charge < -0.3 is 14.8 Å². The van der Waals surface area contributed by atoms with Crippen LogP contribution in [0.15, 0.2) is 0 Å². The molecule has 0 saturated carbocycles. The van der Waals surface area contributed by atoms with Crippen LogP contribution in [0.3, 0.4) is 0 Å². The fourth-order valence-corrected chi connectivity index (χ4v) is 2.94. The molecular weight excluding hydrogens is 240 g/mol. The molecule has 2 N–H and O–H groups in total. The van der Waals surface area contributed by atoms with E-state index in [1.807, 2.05) is 13.8 Å². The Labute approximate surface area is 118 Å². The second-order valence-corrected chi connectivity index (χ2v) is 5.66. The molecule has 4 nitrogen and oxygen atoms in total. The van der Waals surface area contributed by atoms with Gasteiger partial charge in [0.1, 0.15) is 6.23 Å². The monoisotopic (exact) mass is 272 g/mol. The summed E-state index contributed by atoms with van der Waals surface area (Å²) in [5, 5.41) is 6.87. The van der Waals surface area contributed by atoms with E-state index in [0.29, 0.717) is 30.6 Å². The zero-order valence-electron chi connectivity index (χ0n) is 13.2.